The minimum Gasteiger partial charge on any atom is -0.495 e. The van der Waals surface area contributed by atoms with Crippen LogP contribution < -0.4 is 10.5 Å². The second kappa shape index (κ2) is 5.63. The number of carboxylic acids is 1. The van der Waals surface area contributed by atoms with Crippen LogP contribution in [0.1, 0.15) is 5.56 Å². The predicted molar refractivity (Wildman–Crippen MR) is 81.5 cm³/mol. The van der Waals surface area contributed by atoms with Crippen molar-refractivity contribution in [2.45, 2.75) is 12.5 Å². The molecule has 2 aromatic rings. The van der Waals surface area contributed by atoms with Gasteiger partial charge in [-0.1, -0.05) is 11.6 Å². The molecule has 7 heteroatoms. The Labute approximate surface area is 129 Å². The summed E-state index contributed by atoms with van der Waals surface area (Å²) in [7, 11) is 3.40. The molecule has 1 aromatic carbocycles. The van der Waals surface area contributed by atoms with E-state index in [4.69, 9.17) is 27.2 Å². The van der Waals surface area contributed by atoms with Crippen LogP contribution in [-0.4, -0.2) is 28.8 Å². The van der Waals surface area contributed by atoms with E-state index in [1.54, 1.807) is 12.1 Å². The van der Waals surface area contributed by atoms with E-state index in [9.17, 15) is 4.79 Å². The number of fused-ring (bicyclic) bond motifs is 1. The van der Waals surface area contributed by atoms with Gasteiger partial charge in [0.25, 0.3) is 0 Å². The molecule has 0 aliphatic heterocycles. The third-order valence-electron chi connectivity index (χ3n) is 3.24. The van der Waals surface area contributed by atoms with Crippen molar-refractivity contribution in [3.05, 3.63) is 27.3 Å². The second-order valence-corrected chi connectivity index (χ2v) is 5.64. The molecule has 1 unspecified atom stereocenters. The molecule has 0 amide bonds. The molecule has 108 valence electrons. The Morgan fingerprint density at radius 3 is 2.80 bits per heavy atom. The summed E-state index contributed by atoms with van der Waals surface area (Å²) in [6, 6.07) is 2.63. The average Bonchev–Trinajstić information content (AvgIpc) is 2.62. The van der Waals surface area contributed by atoms with Crippen LogP contribution in [0, 0.1) is 0 Å². The Morgan fingerprint density at radius 1 is 1.60 bits per heavy atom. The average molecular weight is 362 g/mol. The Morgan fingerprint density at radius 2 is 2.25 bits per heavy atom. The number of hydrogen-bond donors (Lipinski definition) is 2. The Kier molecular flexibility index (Phi) is 4.27. The van der Waals surface area contributed by atoms with Crippen LogP contribution in [0.15, 0.2) is 16.7 Å². The molecule has 3 N–H and O–H groups in total. The zero-order valence-corrected chi connectivity index (χ0v) is 13.3. The van der Waals surface area contributed by atoms with E-state index in [-0.39, 0.29) is 6.42 Å². The molecule has 0 fully saturated rings. The molecule has 1 aromatic heterocycles. The maximum absolute atomic E-state index is 10.9. The van der Waals surface area contributed by atoms with E-state index in [1.165, 1.54) is 7.11 Å². The van der Waals surface area contributed by atoms with Gasteiger partial charge in [-0.2, -0.15) is 0 Å². The normalized spacial score (nSPS) is 12.7. The Hall–Kier alpha value is -1.24. The quantitative estimate of drug-likeness (QED) is 0.877. The molecule has 20 heavy (non-hydrogen) atoms. The molecule has 1 heterocycles. The standard InChI is InChI=1S/C13H14BrClN2O3/c1-17-10-5-8(15)11(20-2)4-6(10)7(12(17)14)3-9(16)13(18)19/h4-5,9H,3,16H2,1-2H3,(H,18,19). The number of methoxy groups -OCH3 is 1. The minimum absolute atomic E-state index is 0.220. The van der Waals surface area contributed by atoms with Gasteiger partial charge < -0.3 is 20.1 Å². The number of nitrogens with zero attached hydrogens (tertiary/aromatic N) is 1. The van der Waals surface area contributed by atoms with Crippen molar-refractivity contribution in [1.29, 1.82) is 0 Å². The second-order valence-electron chi connectivity index (χ2n) is 4.48. The number of halogens is 2. The number of ether oxygens (including phenoxy) is 1. The zero-order valence-electron chi connectivity index (χ0n) is 11.0. The van der Waals surface area contributed by atoms with Gasteiger partial charge in [-0.3, -0.25) is 4.79 Å². The van der Waals surface area contributed by atoms with Gasteiger partial charge in [0, 0.05) is 18.9 Å². The molecular weight excluding hydrogens is 348 g/mol. The first-order valence-corrected chi connectivity index (χ1v) is 7.02. The van der Waals surface area contributed by atoms with Gasteiger partial charge in [0.15, 0.2) is 0 Å². The van der Waals surface area contributed by atoms with Crippen LogP contribution in [0.5, 0.6) is 5.75 Å². The summed E-state index contributed by atoms with van der Waals surface area (Å²) in [6.45, 7) is 0. The van der Waals surface area contributed by atoms with Crippen LogP contribution in [0.4, 0.5) is 0 Å². The monoisotopic (exact) mass is 360 g/mol. The summed E-state index contributed by atoms with van der Waals surface area (Å²) in [5, 5.41) is 10.3. The van der Waals surface area contributed by atoms with Gasteiger partial charge in [0.05, 0.1) is 22.3 Å². The minimum atomic E-state index is -1.03. The highest BCUT2D eigenvalue weighted by molar-refractivity contribution is 9.10. The first kappa shape index (κ1) is 15.2. The van der Waals surface area contributed by atoms with E-state index < -0.39 is 12.0 Å². The molecule has 0 bridgehead atoms. The molecule has 0 aliphatic carbocycles. The number of carboxylic acid groups (broad SMARTS) is 1. The summed E-state index contributed by atoms with van der Waals surface area (Å²) in [5.74, 6) is -0.489. The summed E-state index contributed by atoms with van der Waals surface area (Å²) in [4.78, 5) is 10.9. The predicted octanol–water partition coefficient (Wildman–Crippen LogP) is 2.56. The van der Waals surface area contributed by atoms with Crippen molar-refractivity contribution in [3.63, 3.8) is 0 Å². The molecule has 2 rings (SSSR count). The fourth-order valence-electron chi connectivity index (χ4n) is 2.14. The molecule has 0 aliphatic rings. The molecule has 0 saturated heterocycles. The van der Waals surface area contributed by atoms with Crippen LogP contribution in [0.25, 0.3) is 10.9 Å². The third kappa shape index (κ3) is 2.51. The maximum atomic E-state index is 10.9. The number of hydrogen-bond acceptors (Lipinski definition) is 3. The number of aromatic nitrogens is 1. The summed E-state index contributed by atoms with van der Waals surface area (Å²) in [6.07, 6.45) is 0.220. The van der Waals surface area contributed by atoms with Crippen molar-refractivity contribution in [1.82, 2.24) is 4.57 Å². The van der Waals surface area contributed by atoms with E-state index in [2.05, 4.69) is 15.9 Å². The smallest absolute Gasteiger partial charge is 0.320 e. The van der Waals surface area contributed by atoms with Crippen LogP contribution in [-0.2, 0) is 18.3 Å². The van der Waals surface area contributed by atoms with Crippen molar-refractivity contribution >= 4 is 44.4 Å². The third-order valence-corrected chi connectivity index (χ3v) is 4.55. The molecule has 1 atom stereocenters. The molecular formula is C13H14BrClN2O3. The number of aryl methyl sites for hydroxylation is 1. The molecule has 0 spiro atoms. The Bertz CT molecular complexity index is 684. The van der Waals surface area contributed by atoms with Crippen LogP contribution >= 0.6 is 27.5 Å². The first-order chi connectivity index (χ1) is 9.36. The largest absolute Gasteiger partial charge is 0.495 e. The summed E-state index contributed by atoms with van der Waals surface area (Å²) < 4.78 is 7.88. The van der Waals surface area contributed by atoms with E-state index in [0.29, 0.717) is 10.8 Å². The maximum Gasteiger partial charge on any atom is 0.320 e. The first-order valence-electron chi connectivity index (χ1n) is 5.85. The molecule has 0 saturated carbocycles. The lowest BCUT2D eigenvalue weighted by molar-refractivity contribution is -0.138. The van der Waals surface area contributed by atoms with Gasteiger partial charge in [0.2, 0.25) is 0 Å². The number of benzene rings is 1. The van der Waals surface area contributed by atoms with Crippen molar-refractivity contribution in [2.24, 2.45) is 12.8 Å². The number of rotatable bonds is 4. The van der Waals surface area contributed by atoms with E-state index in [1.807, 2.05) is 11.6 Å². The van der Waals surface area contributed by atoms with Crippen molar-refractivity contribution < 1.29 is 14.6 Å². The number of aliphatic carboxylic acids is 1. The summed E-state index contributed by atoms with van der Waals surface area (Å²) >= 11 is 9.59. The van der Waals surface area contributed by atoms with Crippen LogP contribution in [0.3, 0.4) is 0 Å². The van der Waals surface area contributed by atoms with Gasteiger partial charge in [0.1, 0.15) is 11.8 Å². The zero-order chi connectivity index (χ0) is 15.0. The van der Waals surface area contributed by atoms with Gasteiger partial charge in [-0.15, -0.1) is 0 Å². The molecule has 0 radical (unpaired) electrons. The lowest BCUT2D eigenvalue weighted by Gasteiger charge is -2.07. The Balaban J connectivity index is 2.64. The summed E-state index contributed by atoms with van der Waals surface area (Å²) in [5.41, 5.74) is 7.34. The van der Waals surface area contributed by atoms with Crippen molar-refractivity contribution in [2.75, 3.05) is 7.11 Å². The highest BCUT2D eigenvalue weighted by Gasteiger charge is 2.20. The SMILES string of the molecule is COc1cc2c(CC(N)C(=O)O)c(Br)n(C)c2cc1Cl. The lowest BCUT2D eigenvalue weighted by Crippen LogP contribution is -2.32. The van der Waals surface area contributed by atoms with E-state index >= 15 is 0 Å². The van der Waals surface area contributed by atoms with Crippen molar-refractivity contribution in [3.8, 4) is 5.75 Å². The van der Waals surface area contributed by atoms with Gasteiger partial charge >= 0.3 is 5.97 Å². The fourth-order valence-corrected chi connectivity index (χ4v) is 2.94. The topological polar surface area (TPSA) is 77.5 Å². The lowest BCUT2D eigenvalue weighted by atomic mass is 10.1. The van der Waals surface area contributed by atoms with Gasteiger partial charge in [-0.05, 0) is 33.6 Å². The van der Waals surface area contributed by atoms with Gasteiger partial charge in [-0.25, -0.2) is 0 Å². The van der Waals surface area contributed by atoms with E-state index in [0.717, 1.165) is 21.1 Å². The fraction of sp³-hybridized carbons (Fsp3) is 0.308. The highest BCUT2D eigenvalue weighted by atomic mass is 79.9. The highest BCUT2D eigenvalue weighted by Crippen LogP contribution is 2.36. The molecule has 5 nitrogen and oxygen atoms in total. The number of carbonyl (C=O) groups is 1. The number of nitrogens with two attached hydrogens (primary N) is 1. The van der Waals surface area contributed by atoms with Crippen LogP contribution in [0.2, 0.25) is 5.02 Å².